The van der Waals surface area contributed by atoms with E-state index in [2.05, 4.69) is 36.3 Å². The van der Waals surface area contributed by atoms with Gasteiger partial charge < -0.3 is 9.88 Å². The summed E-state index contributed by atoms with van der Waals surface area (Å²) in [4.78, 5) is 33.0. The van der Waals surface area contributed by atoms with E-state index in [0.717, 1.165) is 6.20 Å². The number of rotatable bonds is 3. The minimum Gasteiger partial charge on any atom is -0.309 e. The Kier molecular flexibility index (Phi) is 3.96. The predicted octanol–water partition coefficient (Wildman–Crippen LogP) is 1.98. The minimum atomic E-state index is -0.496. The van der Waals surface area contributed by atoms with E-state index in [1.807, 2.05) is 0 Å². The van der Waals surface area contributed by atoms with E-state index >= 15 is 0 Å². The lowest BCUT2D eigenvalue weighted by atomic mass is 10.3. The molecule has 0 radical (unpaired) electrons. The van der Waals surface area contributed by atoms with Crippen LogP contribution < -0.4 is 10.9 Å². The first-order chi connectivity index (χ1) is 12.5. The molecule has 4 heterocycles. The minimum absolute atomic E-state index is 0.130. The van der Waals surface area contributed by atoms with E-state index < -0.39 is 11.7 Å². The number of nitrogens with one attached hydrogen (secondary N) is 1. The zero-order chi connectivity index (χ0) is 18.3. The van der Waals surface area contributed by atoms with Gasteiger partial charge in [0.1, 0.15) is 34.1 Å². The summed E-state index contributed by atoms with van der Waals surface area (Å²) in [6.45, 7) is -0.130. The molecule has 0 fully saturated rings. The first kappa shape index (κ1) is 16.3. The van der Waals surface area contributed by atoms with Crippen LogP contribution in [0.3, 0.4) is 0 Å². The number of halogens is 2. The molecule has 1 amide bonds. The molecular weight excluding hydrogens is 407 g/mol. The molecular formula is C16H10BrFN6O2. The van der Waals surface area contributed by atoms with Crippen molar-refractivity contribution in [1.82, 2.24) is 24.1 Å². The van der Waals surface area contributed by atoms with Crippen molar-refractivity contribution in [2.24, 2.45) is 0 Å². The van der Waals surface area contributed by atoms with Gasteiger partial charge in [-0.05, 0) is 40.2 Å². The number of aromatic nitrogens is 5. The van der Waals surface area contributed by atoms with Crippen molar-refractivity contribution < 1.29 is 9.18 Å². The van der Waals surface area contributed by atoms with Gasteiger partial charge in [0.05, 0.1) is 11.6 Å². The Hall–Kier alpha value is -3.14. The van der Waals surface area contributed by atoms with Gasteiger partial charge in [0.15, 0.2) is 0 Å². The van der Waals surface area contributed by atoms with Crippen molar-refractivity contribution >= 4 is 44.3 Å². The summed E-state index contributed by atoms with van der Waals surface area (Å²) in [5.74, 6) is -0.677. The van der Waals surface area contributed by atoms with Crippen LogP contribution in [0.2, 0.25) is 0 Å². The maximum atomic E-state index is 12.9. The van der Waals surface area contributed by atoms with Crippen molar-refractivity contribution in [3.05, 3.63) is 63.5 Å². The fourth-order valence-corrected chi connectivity index (χ4v) is 2.98. The van der Waals surface area contributed by atoms with Crippen LogP contribution in [0, 0.1) is 5.82 Å². The average Bonchev–Trinajstić information content (AvgIpc) is 3.02. The lowest BCUT2D eigenvalue weighted by Crippen LogP contribution is -2.25. The quantitative estimate of drug-likeness (QED) is 0.550. The Morgan fingerprint density at radius 1 is 1.27 bits per heavy atom. The van der Waals surface area contributed by atoms with Crippen molar-refractivity contribution in [2.45, 2.75) is 6.54 Å². The van der Waals surface area contributed by atoms with E-state index in [1.54, 1.807) is 29.0 Å². The van der Waals surface area contributed by atoms with E-state index in [4.69, 9.17) is 0 Å². The Balaban J connectivity index is 1.79. The maximum Gasteiger partial charge on any atom is 0.283 e. The van der Waals surface area contributed by atoms with Crippen LogP contribution in [0.25, 0.3) is 16.7 Å². The topological polar surface area (TPSA) is 94.2 Å². The number of anilines is 1. The first-order valence-electron chi connectivity index (χ1n) is 7.47. The number of fused-ring (bicyclic) bond motifs is 2. The Morgan fingerprint density at radius 2 is 2.12 bits per heavy atom. The molecule has 0 atom stereocenters. The first-order valence-corrected chi connectivity index (χ1v) is 8.26. The number of amides is 1. The van der Waals surface area contributed by atoms with Gasteiger partial charge in [-0.25, -0.2) is 14.4 Å². The summed E-state index contributed by atoms with van der Waals surface area (Å²) < 4.78 is 16.2. The predicted molar refractivity (Wildman–Crippen MR) is 95.3 cm³/mol. The molecule has 0 aliphatic rings. The monoisotopic (exact) mass is 416 g/mol. The van der Waals surface area contributed by atoms with Crippen LogP contribution in [0.5, 0.6) is 0 Å². The molecule has 4 rings (SSSR count). The number of nitrogens with zero attached hydrogens (tertiary/aromatic N) is 5. The molecule has 1 N–H and O–H groups in total. The van der Waals surface area contributed by atoms with Crippen LogP contribution >= 0.6 is 15.9 Å². The van der Waals surface area contributed by atoms with Gasteiger partial charge in [-0.3, -0.25) is 9.59 Å². The fourth-order valence-electron chi connectivity index (χ4n) is 2.62. The molecule has 0 unspecified atom stereocenters. The molecule has 0 aliphatic heterocycles. The lowest BCUT2D eigenvalue weighted by molar-refractivity contribution is -0.116. The Labute approximate surface area is 153 Å². The van der Waals surface area contributed by atoms with E-state index in [0.29, 0.717) is 21.3 Å². The average molecular weight is 417 g/mol. The number of pyridine rings is 2. The third-order valence-electron chi connectivity index (χ3n) is 3.70. The summed E-state index contributed by atoms with van der Waals surface area (Å²) in [5.41, 5.74) is 0.445. The molecule has 0 spiro atoms. The Morgan fingerprint density at radius 3 is 2.88 bits per heavy atom. The van der Waals surface area contributed by atoms with Crippen LogP contribution in [0.1, 0.15) is 0 Å². The number of carbonyl (C=O) groups is 1. The SMILES string of the molecule is O=C(Cn1c2ncccc2c(=O)n2nc(Br)cc12)Nc1ccc(F)cn1. The molecule has 0 aliphatic carbocycles. The summed E-state index contributed by atoms with van der Waals surface area (Å²) in [6, 6.07) is 7.45. The van der Waals surface area contributed by atoms with Gasteiger partial charge in [0, 0.05) is 12.3 Å². The number of hydrogen-bond acceptors (Lipinski definition) is 5. The van der Waals surface area contributed by atoms with Crippen molar-refractivity contribution in [3.8, 4) is 0 Å². The number of hydrogen-bond donors (Lipinski definition) is 1. The second-order valence-corrected chi connectivity index (χ2v) is 6.23. The highest BCUT2D eigenvalue weighted by atomic mass is 79.9. The second kappa shape index (κ2) is 6.30. The largest absolute Gasteiger partial charge is 0.309 e. The van der Waals surface area contributed by atoms with E-state index in [1.165, 1.54) is 16.6 Å². The lowest BCUT2D eigenvalue weighted by Gasteiger charge is -2.12. The molecule has 26 heavy (non-hydrogen) atoms. The highest BCUT2D eigenvalue weighted by Crippen LogP contribution is 2.16. The third kappa shape index (κ3) is 2.84. The molecule has 0 bridgehead atoms. The van der Waals surface area contributed by atoms with Crippen molar-refractivity contribution in [1.29, 1.82) is 0 Å². The van der Waals surface area contributed by atoms with Gasteiger partial charge in [0.2, 0.25) is 5.91 Å². The Bertz CT molecular complexity index is 1200. The molecule has 130 valence electrons. The maximum absolute atomic E-state index is 12.9. The molecule has 4 aromatic rings. The zero-order valence-corrected chi connectivity index (χ0v) is 14.6. The smallest absolute Gasteiger partial charge is 0.283 e. The molecule has 0 aromatic carbocycles. The van der Waals surface area contributed by atoms with Crippen LogP contribution in [-0.2, 0) is 11.3 Å². The molecule has 8 nitrogen and oxygen atoms in total. The van der Waals surface area contributed by atoms with Gasteiger partial charge in [-0.2, -0.15) is 9.61 Å². The number of carbonyl (C=O) groups excluding carboxylic acids is 1. The van der Waals surface area contributed by atoms with E-state index in [-0.39, 0.29) is 17.9 Å². The van der Waals surface area contributed by atoms with Crippen LogP contribution in [0.4, 0.5) is 10.2 Å². The normalized spacial score (nSPS) is 11.2. The van der Waals surface area contributed by atoms with Crippen molar-refractivity contribution in [2.75, 3.05) is 5.32 Å². The highest BCUT2D eigenvalue weighted by Gasteiger charge is 2.16. The highest BCUT2D eigenvalue weighted by molar-refractivity contribution is 9.10. The standard InChI is InChI=1S/C16H10BrFN6O2/c17-11-6-14-23(8-13(25)21-12-4-3-9(18)7-20-12)15-10(2-1-5-19-15)16(26)24(14)22-11/h1-7H,8H2,(H,20,21,25). The van der Waals surface area contributed by atoms with Gasteiger partial charge in [0.25, 0.3) is 5.56 Å². The molecule has 10 heteroatoms. The molecule has 4 aromatic heterocycles. The summed E-state index contributed by atoms with van der Waals surface area (Å²) in [6.07, 6.45) is 2.55. The van der Waals surface area contributed by atoms with Crippen LogP contribution in [-0.4, -0.2) is 30.1 Å². The van der Waals surface area contributed by atoms with Crippen molar-refractivity contribution in [3.63, 3.8) is 0 Å². The summed E-state index contributed by atoms with van der Waals surface area (Å²) >= 11 is 3.24. The zero-order valence-electron chi connectivity index (χ0n) is 13.1. The van der Waals surface area contributed by atoms with Crippen LogP contribution in [0.15, 0.2) is 52.1 Å². The summed E-state index contributed by atoms with van der Waals surface area (Å²) in [5, 5.41) is 7.03. The summed E-state index contributed by atoms with van der Waals surface area (Å²) in [7, 11) is 0. The van der Waals surface area contributed by atoms with Gasteiger partial charge in [-0.1, -0.05) is 0 Å². The third-order valence-corrected chi connectivity index (χ3v) is 4.09. The second-order valence-electron chi connectivity index (χ2n) is 5.41. The fraction of sp³-hybridized carbons (Fsp3) is 0.0625. The molecule has 0 saturated heterocycles. The van der Waals surface area contributed by atoms with Gasteiger partial charge in [-0.15, -0.1) is 0 Å². The molecule has 0 saturated carbocycles. The van der Waals surface area contributed by atoms with Gasteiger partial charge >= 0.3 is 0 Å². The van der Waals surface area contributed by atoms with E-state index in [9.17, 15) is 14.0 Å².